The molecule has 2 aromatic rings. The third-order valence-electron chi connectivity index (χ3n) is 7.94. The van der Waals surface area contributed by atoms with Crippen molar-refractivity contribution in [3.63, 3.8) is 0 Å². The molecular formula is C26H33ClN10O5S. The van der Waals surface area contributed by atoms with Gasteiger partial charge in [0.2, 0.25) is 15.9 Å². The predicted octanol–water partition coefficient (Wildman–Crippen LogP) is -0.0524. The quantitative estimate of drug-likeness (QED) is 0.296. The van der Waals surface area contributed by atoms with Gasteiger partial charge in [0.1, 0.15) is 0 Å². The second-order valence-corrected chi connectivity index (χ2v) is 13.0. The Morgan fingerprint density at radius 1 is 1.05 bits per heavy atom. The number of carbonyl (C=O) groups is 3. The van der Waals surface area contributed by atoms with Gasteiger partial charge in [0.15, 0.2) is 28.4 Å². The Kier molecular flexibility index (Phi) is 8.45. The number of halogens is 1. The lowest BCUT2D eigenvalue weighted by Gasteiger charge is -2.39. The van der Waals surface area contributed by atoms with Crippen molar-refractivity contribution in [2.45, 2.75) is 49.1 Å². The second-order valence-electron chi connectivity index (χ2n) is 10.9. The van der Waals surface area contributed by atoms with Gasteiger partial charge < -0.3 is 26.6 Å². The molecule has 3 amide bonds. The zero-order valence-electron chi connectivity index (χ0n) is 23.5. The molecule has 17 heteroatoms. The van der Waals surface area contributed by atoms with Crippen LogP contribution in [0.5, 0.6) is 0 Å². The third kappa shape index (κ3) is 6.65. The highest BCUT2D eigenvalue weighted by molar-refractivity contribution is 7.89. The van der Waals surface area contributed by atoms with E-state index >= 15 is 0 Å². The minimum absolute atomic E-state index is 0.0137. The Morgan fingerprint density at radius 2 is 1.74 bits per heavy atom. The molecule has 0 aliphatic carbocycles. The summed E-state index contributed by atoms with van der Waals surface area (Å²) >= 11 is 5.87. The fraction of sp³-hybridized carbons (Fsp3) is 0.462. The molecule has 2 fully saturated rings. The topological polar surface area (TPSA) is 218 Å². The Morgan fingerprint density at radius 3 is 2.42 bits per heavy atom. The van der Waals surface area contributed by atoms with Gasteiger partial charge in [0, 0.05) is 44.7 Å². The van der Waals surface area contributed by atoms with Crippen LogP contribution in [0.25, 0.3) is 0 Å². The van der Waals surface area contributed by atoms with Crippen LogP contribution >= 0.6 is 11.6 Å². The van der Waals surface area contributed by atoms with E-state index in [1.54, 1.807) is 21.9 Å². The van der Waals surface area contributed by atoms with E-state index < -0.39 is 21.5 Å². The van der Waals surface area contributed by atoms with Gasteiger partial charge in [0.25, 0.3) is 11.8 Å². The van der Waals surface area contributed by atoms with Crippen molar-refractivity contribution >= 4 is 56.9 Å². The number of amides is 3. The standard InChI is InChI=1S/C26H33ClN10O5S/c1-15(38)36-9-5-17(6-10-36)35-43(41,42)18-4-2-3-16(13-18)24(40)37-11-7-26(8-12-37)14-30-25(34-26)33-23(39)19-21(28)32-22(29)20(27)31-19/h2-4,13,17,35H,5-12,14H2,1H3,(H4,28,29,32)(H2,30,33,34,39). The zero-order valence-corrected chi connectivity index (χ0v) is 25.0. The van der Waals surface area contributed by atoms with Gasteiger partial charge in [-0.05, 0) is 43.9 Å². The normalized spacial score (nSPS) is 18.7. The third-order valence-corrected chi connectivity index (χ3v) is 9.73. The molecule has 2 saturated heterocycles. The second kappa shape index (κ2) is 11.9. The summed E-state index contributed by atoms with van der Waals surface area (Å²) in [7, 11) is -3.86. The smallest absolute Gasteiger partial charge is 0.280 e. The summed E-state index contributed by atoms with van der Waals surface area (Å²) in [5, 5.41) is 5.74. The molecule has 15 nitrogen and oxygen atoms in total. The Balaban J connectivity index is 1.15. The number of hydrogen-bond donors (Lipinski definition) is 5. The molecule has 1 aromatic heterocycles. The number of aliphatic imine (C=N–C) groups is 1. The number of likely N-dealkylation sites (tertiary alicyclic amines) is 2. The number of carbonyl (C=O) groups excluding carboxylic acids is 3. The highest BCUT2D eigenvalue weighted by Gasteiger charge is 2.40. The number of nitrogens with two attached hydrogens (primary N) is 2. The summed E-state index contributed by atoms with van der Waals surface area (Å²) in [6.07, 6.45) is 2.15. The maximum absolute atomic E-state index is 13.3. The van der Waals surface area contributed by atoms with Crippen LogP contribution in [-0.2, 0) is 14.8 Å². The van der Waals surface area contributed by atoms with Gasteiger partial charge in [-0.15, -0.1) is 0 Å². The molecule has 0 bridgehead atoms. The molecule has 1 spiro atoms. The van der Waals surface area contributed by atoms with Gasteiger partial charge in [-0.3, -0.25) is 24.7 Å². The number of nitrogen functional groups attached to an aromatic ring is 2. The zero-order chi connectivity index (χ0) is 30.9. The van der Waals surface area contributed by atoms with Crippen LogP contribution in [-0.4, -0.2) is 96.2 Å². The highest BCUT2D eigenvalue weighted by atomic mass is 35.5. The largest absolute Gasteiger partial charge is 0.382 e. The lowest BCUT2D eigenvalue weighted by molar-refractivity contribution is -0.129. The molecule has 0 atom stereocenters. The number of nitrogens with one attached hydrogen (secondary N) is 3. The van der Waals surface area contributed by atoms with Crippen molar-refractivity contribution in [1.82, 2.24) is 35.1 Å². The number of aromatic nitrogens is 2. The number of guanidine groups is 1. The van der Waals surface area contributed by atoms with Crippen LogP contribution in [0, 0.1) is 0 Å². The first-order valence-corrected chi connectivity index (χ1v) is 15.6. The minimum Gasteiger partial charge on any atom is -0.382 e. The molecule has 5 rings (SSSR count). The molecular weight excluding hydrogens is 600 g/mol. The molecule has 0 saturated carbocycles. The highest BCUT2D eigenvalue weighted by Crippen LogP contribution is 2.27. The van der Waals surface area contributed by atoms with Gasteiger partial charge >= 0.3 is 0 Å². The van der Waals surface area contributed by atoms with E-state index in [-0.39, 0.29) is 56.8 Å². The summed E-state index contributed by atoms with van der Waals surface area (Å²) < 4.78 is 28.9. The average molecular weight is 633 g/mol. The van der Waals surface area contributed by atoms with E-state index in [1.165, 1.54) is 19.1 Å². The molecule has 230 valence electrons. The fourth-order valence-corrected chi connectivity index (χ4v) is 6.88. The van der Waals surface area contributed by atoms with Crippen molar-refractivity contribution in [3.05, 3.63) is 40.7 Å². The minimum atomic E-state index is -3.86. The molecule has 0 radical (unpaired) electrons. The van der Waals surface area contributed by atoms with Crippen molar-refractivity contribution in [1.29, 1.82) is 0 Å². The lowest BCUT2D eigenvalue weighted by atomic mass is 9.88. The molecule has 43 heavy (non-hydrogen) atoms. The number of sulfonamides is 1. The maximum atomic E-state index is 13.3. The predicted molar refractivity (Wildman–Crippen MR) is 159 cm³/mol. The Bertz CT molecular complexity index is 1580. The van der Waals surface area contributed by atoms with Crippen LogP contribution in [0.1, 0.15) is 53.5 Å². The molecule has 0 unspecified atom stereocenters. The first kappa shape index (κ1) is 30.4. The van der Waals surface area contributed by atoms with Gasteiger partial charge in [-0.2, -0.15) is 0 Å². The Hall–Kier alpha value is -4.02. The first-order valence-electron chi connectivity index (χ1n) is 13.8. The number of benzene rings is 1. The number of hydrogen-bond acceptors (Lipinski definition) is 11. The molecule has 4 heterocycles. The summed E-state index contributed by atoms with van der Waals surface area (Å²) in [5.74, 6) is -0.948. The number of anilines is 2. The van der Waals surface area contributed by atoms with E-state index in [4.69, 9.17) is 23.1 Å². The summed E-state index contributed by atoms with van der Waals surface area (Å²) in [6.45, 7) is 3.67. The van der Waals surface area contributed by atoms with E-state index in [9.17, 15) is 22.8 Å². The van der Waals surface area contributed by atoms with Crippen LogP contribution in [0.15, 0.2) is 34.2 Å². The first-order chi connectivity index (χ1) is 20.4. The fourth-order valence-electron chi connectivity index (χ4n) is 5.41. The molecule has 3 aliphatic rings. The maximum Gasteiger partial charge on any atom is 0.280 e. The molecule has 1 aromatic carbocycles. The molecule has 3 aliphatic heterocycles. The monoisotopic (exact) mass is 632 g/mol. The van der Waals surface area contributed by atoms with Crippen LogP contribution in [0.2, 0.25) is 5.15 Å². The summed E-state index contributed by atoms with van der Waals surface area (Å²) in [6, 6.07) is 5.71. The van der Waals surface area contributed by atoms with Crippen molar-refractivity contribution in [3.8, 4) is 0 Å². The summed E-state index contributed by atoms with van der Waals surface area (Å²) in [4.78, 5) is 53.1. The van der Waals surface area contributed by atoms with Gasteiger partial charge in [0.05, 0.1) is 17.0 Å². The number of piperidine rings is 2. The van der Waals surface area contributed by atoms with E-state index in [0.29, 0.717) is 58.4 Å². The van der Waals surface area contributed by atoms with Gasteiger partial charge in [-0.1, -0.05) is 17.7 Å². The lowest BCUT2D eigenvalue weighted by Crippen LogP contribution is -2.57. The van der Waals surface area contributed by atoms with Gasteiger partial charge in [-0.25, -0.2) is 23.1 Å². The summed E-state index contributed by atoms with van der Waals surface area (Å²) in [5.41, 5.74) is 11.0. The SMILES string of the molecule is CC(=O)N1CCC(NS(=O)(=O)c2cccc(C(=O)N3CCC4(CC3)CN=C(NC(=O)c3nc(Cl)c(N)nc3N)N4)c2)CC1. The van der Waals surface area contributed by atoms with E-state index in [0.717, 1.165) is 0 Å². The Labute approximate surface area is 253 Å². The van der Waals surface area contributed by atoms with E-state index in [2.05, 4.69) is 30.3 Å². The average Bonchev–Trinajstić information content (AvgIpc) is 3.36. The van der Waals surface area contributed by atoms with Crippen LogP contribution in [0.4, 0.5) is 11.6 Å². The molecule has 7 N–H and O–H groups in total. The van der Waals surface area contributed by atoms with Crippen molar-refractivity contribution < 1.29 is 22.8 Å². The van der Waals surface area contributed by atoms with Crippen molar-refractivity contribution in [2.75, 3.05) is 44.2 Å². The number of nitrogens with zero attached hydrogens (tertiary/aromatic N) is 5. The van der Waals surface area contributed by atoms with Crippen molar-refractivity contribution in [2.24, 2.45) is 4.99 Å². The number of rotatable bonds is 5. The van der Waals surface area contributed by atoms with E-state index in [1.807, 2.05) is 0 Å². The van der Waals surface area contributed by atoms with Crippen LogP contribution in [0.3, 0.4) is 0 Å². The van der Waals surface area contributed by atoms with Crippen LogP contribution < -0.4 is 26.8 Å².